The number of ether oxygens (including phenoxy) is 3. The van der Waals surface area contributed by atoms with Crippen LogP contribution >= 0.6 is 0 Å². The molecule has 3 aromatic carbocycles. The Morgan fingerprint density at radius 1 is 0.978 bits per heavy atom. The van der Waals surface area contributed by atoms with Crippen LogP contribution in [0.5, 0.6) is 23.1 Å². The van der Waals surface area contributed by atoms with Crippen LogP contribution in [0.2, 0.25) is 0 Å². The average molecular weight is 609 g/mol. The number of nitrogens with one attached hydrogen (secondary N) is 2. The van der Waals surface area contributed by atoms with E-state index in [1.807, 2.05) is 82.3 Å². The second-order valence-electron chi connectivity index (χ2n) is 12.3. The molecule has 6 rings (SSSR count). The zero-order chi connectivity index (χ0) is 31.7. The van der Waals surface area contributed by atoms with Gasteiger partial charge in [-0.15, -0.1) is 0 Å². The standard InChI is InChI=1S/C35H40N6O4/c1-22-9-7-10-23(2)30(22)38-32(42)26-21-36-34(39-33(26)44-28-12-8-11-24-20-35(3,4)45-31(24)28)37-25-13-14-27(29(19-25)43-6)41-17-15-40(5)16-18-41/h7-14,19,21H,15-18,20H2,1-6H3,(H,38,42)(H,36,37,39). The summed E-state index contributed by atoms with van der Waals surface area (Å²) in [6.07, 6.45) is 2.24. The molecule has 234 valence electrons. The molecule has 0 bridgehead atoms. The van der Waals surface area contributed by atoms with E-state index in [-0.39, 0.29) is 28.9 Å². The van der Waals surface area contributed by atoms with Crippen molar-refractivity contribution in [2.24, 2.45) is 0 Å². The molecule has 0 spiro atoms. The molecule has 1 fully saturated rings. The molecule has 2 aliphatic rings. The van der Waals surface area contributed by atoms with Crippen molar-refractivity contribution in [1.29, 1.82) is 0 Å². The van der Waals surface area contributed by atoms with E-state index < -0.39 is 0 Å². The van der Waals surface area contributed by atoms with E-state index in [4.69, 9.17) is 19.2 Å². The number of aromatic nitrogens is 2. The van der Waals surface area contributed by atoms with Gasteiger partial charge in [0, 0.05) is 61.8 Å². The number of rotatable bonds is 8. The fourth-order valence-corrected chi connectivity index (χ4v) is 5.82. The highest BCUT2D eigenvalue weighted by Crippen LogP contribution is 2.44. The molecule has 45 heavy (non-hydrogen) atoms. The number of methoxy groups -OCH3 is 1. The second kappa shape index (κ2) is 12.3. The van der Waals surface area contributed by atoms with Gasteiger partial charge in [-0.1, -0.05) is 30.3 Å². The summed E-state index contributed by atoms with van der Waals surface area (Å²) in [6.45, 7) is 11.8. The Morgan fingerprint density at radius 3 is 2.44 bits per heavy atom. The summed E-state index contributed by atoms with van der Waals surface area (Å²) in [5.41, 5.74) is 5.31. The summed E-state index contributed by atoms with van der Waals surface area (Å²) in [4.78, 5) is 27.5. The number of hydrogen-bond donors (Lipinski definition) is 2. The summed E-state index contributed by atoms with van der Waals surface area (Å²) < 4.78 is 18.4. The molecule has 1 saturated heterocycles. The topological polar surface area (TPSA) is 101 Å². The molecular formula is C35H40N6O4. The van der Waals surface area contributed by atoms with Crippen molar-refractivity contribution in [3.05, 3.63) is 83.0 Å². The predicted molar refractivity (Wildman–Crippen MR) is 177 cm³/mol. The fraction of sp³-hybridized carbons (Fsp3) is 0.343. The Kier molecular flexibility index (Phi) is 8.24. The summed E-state index contributed by atoms with van der Waals surface area (Å²) in [6, 6.07) is 17.6. The van der Waals surface area contributed by atoms with E-state index in [1.165, 1.54) is 6.20 Å². The Morgan fingerprint density at radius 2 is 1.71 bits per heavy atom. The lowest BCUT2D eigenvalue weighted by Gasteiger charge is -2.34. The molecular weight excluding hydrogens is 568 g/mol. The Balaban J connectivity index is 1.32. The minimum atomic E-state index is -0.374. The van der Waals surface area contributed by atoms with Crippen molar-refractivity contribution in [3.63, 3.8) is 0 Å². The number of aryl methyl sites for hydroxylation is 2. The summed E-state index contributed by atoms with van der Waals surface area (Å²) >= 11 is 0. The lowest BCUT2D eigenvalue weighted by molar-refractivity contribution is 0.102. The number of carbonyl (C=O) groups excluding carboxylic acids is 1. The van der Waals surface area contributed by atoms with E-state index in [1.54, 1.807) is 7.11 Å². The third-order valence-electron chi connectivity index (χ3n) is 8.26. The normalized spacial score (nSPS) is 15.6. The molecule has 2 aliphatic heterocycles. The molecule has 0 unspecified atom stereocenters. The largest absolute Gasteiger partial charge is 0.495 e. The summed E-state index contributed by atoms with van der Waals surface area (Å²) in [5, 5.41) is 6.31. The van der Waals surface area contributed by atoms with Crippen molar-refractivity contribution >= 4 is 28.9 Å². The van der Waals surface area contributed by atoms with Gasteiger partial charge in [-0.2, -0.15) is 4.98 Å². The highest BCUT2D eigenvalue weighted by Gasteiger charge is 2.33. The van der Waals surface area contributed by atoms with Crippen molar-refractivity contribution in [1.82, 2.24) is 14.9 Å². The monoisotopic (exact) mass is 608 g/mol. The van der Waals surface area contributed by atoms with E-state index in [9.17, 15) is 4.79 Å². The van der Waals surface area contributed by atoms with Gasteiger partial charge in [0.05, 0.1) is 12.8 Å². The minimum absolute atomic E-state index is 0.110. The summed E-state index contributed by atoms with van der Waals surface area (Å²) in [7, 11) is 3.81. The quantitative estimate of drug-likeness (QED) is 0.237. The van der Waals surface area contributed by atoms with Gasteiger partial charge in [0.2, 0.25) is 11.8 Å². The first-order valence-corrected chi connectivity index (χ1v) is 15.2. The maximum Gasteiger partial charge on any atom is 0.262 e. The molecule has 10 heteroatoms. The number of amides is 1. The molecule has 0 aliphatic carbocycles. The van der Waals surface area contributed by atoms with Crippen molar-refractivity contribution < 1.29 is 19.0 Å². The van der Waals surface area contributed by atoms with Crippen LogP contribution in [0.25, 0.3) is 0 Å². The second-order valence-corrected chi connectivity index (χ2v) is 12.3. The molecule has 0 radical (unpaired) electrons. The van der Waals surface area contributed by atoms with Gasteiger partial charge in [-0.05, 0) is 64.1 Å². The first-order valence-electron chi connectivity index (χ1n) is 15.2. The number of para-hydroxylation sites is 2. The third-order valence-corrected chi connectivity index (χ3v) is 8.26. The van der Waals surface area contributed by atoms with Gasteiger partial charge in [-0.25, -0.2) is 4.98 Å². The Hall–Kier alpha value is -4.83. The predicted octanol–water partition coefficient (Wildman–Crippen LogP) is 6.36. The van der Waals surface area contributed by atoms with Crippen LogP contribution in [0.4, 0.5) is 23.0 Å². The van der Waals surface area contributed by atoms with Crippen LogP contribution in [0.1, 0.15) is 40.9 Å². The molecule has 4 aromatic rings. The van der Waals surface area contributed by atoms with Crippen LogP contribution < -0.4 is 29.7 Å². The molecule has 3 heterocycles. The van der Waals surface area contributed by atoms with Crippen molar-refractivity contribution in [3.8, 4) is 23.1 Å². The zero-order valence-corrected chi connectivity index (χ0v) is 26.7. The molecule has 2 N–H and O–H groups in total. The Bertz CT molecular complexity index is 1710. The van der Waals surface area contributed by atoms with Gasteiger partial charge in [-0.3, -0.25) is 4.79 Å². The van der Waals surface area contributed by atoms with Crippen LogP contribution in [0.15, 0.2) is 60.8 Å². The van der Waals surface area contributed by atoms with Gasteiger partial charge in [0.25, 0.3) is 5.91 Å². The highest BCUT2D eigenvalue weighted by molar-refractivity contribution is 6.06. The van der Waals surface area contributed by atoms with E-state index in [0.29, 0.717) is 11.5 Å². The molecule has 10 nitrogen and oxygen atoms in total. The SMILES string of the molecule is COc1cc(Nc2ncc(C(=O)Nc3c(C)cccc3C)c(Oc3cccc4c3OC(C)(C)C4)n2)ccc1N1CCN(C)CC1. The summed E-state index contributed by atoms with van der Waals surface area (Å²) in [5.74, 6) is 1.91. The van der Waals surface area contributed by atoms with Gasteiger partial charge in [0.15, 0.2) is 11.5 Å². The van der Waals surface area contributed by atoms with Crippen molar-refractivity contribution in [2.45, 2.75) is 39.7 Å². The first kappa shape index (κ1) is 30.2. The van der Waals surface area contributed by atoms with Gasteiger partial charge < -0.3 is 34.6 Å². The van der Waals surface area contributed by atoms with Crippen molar-refractivity contribution in [2.75, 3.05) is 55.9 Å². The number of carbonyl (C=O) groups is 1. The van der Waals surface area contributed by atoms with Crippen LogP contribution in [0.3, 0.4) is 0 Å². The lowest BCUT2D eigenvalue weighted by Crippen LogP contribution is -2.44. The van der Waals surface area contributed by atoms with Crippen LogP contribution in [0, 0.1) is 13.8 Å². The maximum absolute atomic E-state index is 13.7. The number of hydrogen-bond acceptors (Lipinski definition) is 9. The minimum Gasteiger partial charge on any atom is -0.495 e. The number of anilines is 4. The number of fused-ring (bicyclic) bond motifs is 1. The van der Waals surface area contributed by atoms with E-state index in [0.717, 1.165) is 72.1 Å². The number of benzene rings is 3. The molecule has 1 amide bonds. The highest BCUT2D eigenvalue weighted by atomic mass is 16.5. The maximum atomic E-state index is 13.7. The van der Waals surface area contributed by atoms with E-state index in [2.05, 4.69) is 32.5 Å². The van der Waals surface area contributed by atoms with Gasteiger partial charge in [0.1, 0.15) is 16.9 Å². The fourth-order valence-electron chi connectivity index (χ4n) is 5.82. The average Bonchev–Trinajstić information content (AvgIpc) is 3.34. The van der Waals surface area contributed by atoms with Gasteiger partial charge >= 0.3 is 0 Å². The Labute approximate surface area is 264 Å². The zero-order valence-electron chi connectivity index (χ0n) is 26.7. The molecule has 0 saturated carbocycles. The molecule has 1 aromatic heterocycles. The number of nitrogens with zero attached hydrogens (tertiary/aromatic N) is 4. The lowest BCUT2D eigenvalue weighted by atomic mass is 10.0. The van der Waals surface area contributed by atoms with E-state index >= 15 is 0 Å². The third kappa shape index (κ3) is 6.51. The number of likely N-dealkylation sites (N-methyl/N-ethyl adjacent to an activating group) is 1. The number of piperazine rings is 1. The van der Waals surface area contributed by atoms with Crippen LogP contribution in [-0.4, -0.2) is 66.7 Å². The smallest absolute Gasteiger partial charge is 0.262 e. The first-order chi connectivity index (χ1) is 21.6. The molecule has 0 atom stereocenters. The van der Waals surface area contributed by atoms with Crippen LogP contribution in [-0.2, 0) is 6.42 Å².